The van der Waals surface area contributed by atoms with Crippen LogP contribution in [0.15, 0.2) is 24.4 Å². The zero-order valence-electron chi connectivity index (χ0n) is 9.43. The average Bonchev–Trinajstić information content (AvgIpc) is 2.84. The topological polar surface area (TPSA) is 42.2 Å². The van der Waals surface area contributed by atoms with Gasteiger partial charge in [0.1, 0.15) is 0 Å². The van der Waals surface area contributed by atoms with Gasteiger partial charge in [0.05, 0.1) is 0 Å². The van der Waals surface area contributed by atoms with E-state index < -0.39 is 0 Å². The molecule has 0 aromatic carbocycles. The molecule has 3 rings (SSSR count). The van der Waals surface area contributed by atoms with Gasteiger partial charge in [-0.1, -0.05) is 13.0 Å². The van der Waals surface area contributed by atoms with Gasteiger partial charge in [-0.25, -0.2) is 4.52 Å². The number of anilines is 1. The molecule has 1 fully saturated rings. The summed E-state index contributed by atoms with van der Waals surface area (Å²) in [5.74, 6) is 1.58. The van der Waals surface area contributed by atoms with Crippen LogP contribution in [0.4, 0.5) is 5.95 Å². The van der Waals surface area contributed by atoms with Crippen LogP contribution < -0.4 is 5.32 Å². The zero-order valence-corrected chi connectivity index (χ0v) is 9.43. The van der Waals surface area contributed by atoms with E-state index in [1.54, 1.807) is 4.52 Å². The van der Waals surface area contributed by atoms with Gasteiger partial charge < -0.3 is 5.32 Å². The normalized spacial score (nSPS) is 25.1. The molecule has 0 saturated heterocycles. The van der Waals surface area contributed by atoms with E-state index in [4.69, 9.17) is 0 Å². The highest BCUT2D eigenvalue weighted by Crippen LogP contribution is 2.26. The number of fused-ring (bicyclic) bond motifs is 1. The molecule has 4 heteroatoms. The second kappa shape index (κ2) is 3.77. The average molecular weight is 216 g/mol. The maximum Gasteiger partial charge on any atom is 0.243 e. The van der Waals surface area contributed by atoms with Crippen molar-refractivity contribution < 1.29 is 0 Å². The molecular weight excluding hydrogens is 200 g/mol. The summed E-state index contributed by atoms with van der Waals surface area (Å²) in [5.41, 5.74) is 0.899. The van der Waals surface area contributed by atoms with Crippen LogP contribution in [0, 0.1) is 5.92 Å². The molecule has 1 N–H and O–H groups in total. The van der Waals surface area contributed by atoms with Crippen LogP contribution in [-0.4, -0.2) is 20.6 Å². The summed E-state index contributed by atoms with van der Waals surface area (Å²) < 4.78 is 1.81. The fraction of sp³-hybridized carbons (Fsp3) is 0.500. The van der Waals surface area contributed by atoms with Crippen LogP contribution in [0.2, 0.25) is 0 Å². The molecule has 2 unspecified atom stereocenters. The number of rotatable bonds is 2. The van der Waals surface area contributed by atoms with Gasteiger partial charge in [0.25, 0.3) is 0 Å². The molecule has 0 spiro atoms. The summed E-state index contributed by atoms with van der Waals surface area (Å²) in [6.45, 7) is 2.30. The second-order valence-corrected chi connectivity index (χ2v) is 4.70. The molecule has 0 amide bonds. The van der Waals surface area contributed by atoms with Crippen LogP contribution >= 0.6 is 0 Å². The summed E-state index contributed by atoms with van der Waals surface area (Å²) in [6, 6.07) is 6.46. The summed E-state index contributed by atoms with van der Waals surface area (Å²) in [6.07, 6.45) is 5.70. The van der Waals surface area contributed by atoms with Gasteiger partial charge in [0.15, 0.2) is 5.65 Å². The molecule has 1 saturated carbocycles. The fourth-order valence-corrected chi connectivity index (χ4v) is 2.41. The van der Waals surface area contributed by atoms with Crippen molar-refractivity contribution in [2.24, 2.45) is 5.92 Å². The maximum absolute atomic E-state index is 4.44. The van der Waals surface area contributed by atoms with Crippen LogP contribution in [0.3, 0.4) is 0 Å². The lowest BCUT2D eigenvalue weighted by Crippen LogP contribution is -2.16. The van der Waals surface area contributed by atoms with Crippen LogP contribution in [0.25, 0.3) is 5.65 Å². The van der Waals surface area contributed by atoms with Crippen molar-refractivity contribution in [1.29, 1.82) is 0 Å². The van der Waals surface area contributed by atoms with Gasteiger partial charge in [0.2, 0.25) is 5.95 Å². The van der Waals surface area contributed by atoms with Crippen LogP contribution in [0.1, 0.15) is 26.2 Å². The third kappa shape index (κ3) is 1.75. The minimum absolute atomic E-state index is 0.549. The van der Waals surface area contributed by atoms with Gasteiger partial charge in [-0.05, 0) is 37.3 Å². The minimum Gasteiger partial charge on any atom is -0.350 e. The van der Waals surface area contributed by atoms with Crippen molar-refractivity contribution in [1.82, 2.24) is 14.6 Å². The largest absolute Gasteiger partial charge is 0.350 e. The monoisotopic (exact) mass is 216 g/mol. The smallest absolute Gasteiger partial charge is 0.243 e. The first kappa shape index (κ1) is 9.63. The van der Waals surface area contributed by atoms with Crippen molar-refractivity contribution in [3.05, 3.63) is 24.4 Å². The van der Waals surface area contributed by atoms with Gasteiger partial charge in [0, 0.05) is 12.2 Å². The quantitative estimate of drug-likeness (QED) is 0.837. The highest BCUT2D eigenvalue weighted by molar-refractivity contribution is 5.43. The molecule has 1 aliphatic rings. The summed E-state index contributed by atoms with van der Waals surface area (Å²) in [7, 11) is 0. The summed E-state index contributed by atoms with van der Waals surface area (Å²) in [4.78, 5) is 4.44. The SMILES string of the molecule is CC1CCC(Nc2nc3ccccn3n2)C1. The third-order valence-corrected chi connectivity index (χ3v) is 3.27. The van der Waals surface area contributed by atoms with E-state index in [2.05, 4.69) is 22.3 Å². The van der Waals surface area contributed by atoms with Crippen molar-refractivity contribution in [2.45, 2.75) is 32.2 Å². The standard InChI is InChI=1S/C12H16N4/c1-9-5-6-10(8-9)13-12-14-11-4-2-3-7-16(11)15-12/h2-4,7,9-10H,5-6,8H2,1H3,(H,13,15). The lowest BCUT2D eigenvalue weighted by atomic mass is 10.1. The van der Waals surface area contributed by atoms with Crippen LogP contribution in [0.5, 0.6) is 0 Å². The van der Waals surface area contributed by atoms with Gasteiger partial charge >= 0.3 is 0 Å². The second-order valence-electron chi connectivity index (χ2n) is 4.70. The van der Waals surface area contributed by atoms with E-state index in [1.165, 1.54) is 19.3 Å². The molecule has 84 valence electrons. The molecule has 4 nitrogen and oxygen atoms in total. The number of nitrogens with one attached hydrogen (secondary N) is 1. The zero-order chi connectivity index (χ0) is 11.0. The van der Waals surface area contributed by atoms with Crippen molar-refractivity contribution in [3.63, 3.8) is 0 Å². The molecule has 0 bridgehead atoms. The molecule has 0 aliphatic heterocycles. The van der Waals surface area contributed by atoms with Crippen LogP contribution in [-0.2, 0) is 0 Å². The highest BCUT2D eigenvalue weighted by Gasteiger charge is 2.22. The molecular formula is C12H16N4. The molecule has 2 aromatic rings. The number of aromatic nitrogens is 3. The first-order valence-corrected chi connectivity index (χ1v) is 5.89. The van der Waals surface area contributed by atoms with Gasteiger partial charge in [-0.15, -0.1) is 5.10 Å². The molecule has 1 aliphatic carbocycles. The Labute approximate surface area is 94.7 Å². The Kier molecular flexibility index (Phi) is 2.27. The van der Waals surface area contributed by atoms with Crippen molar-refractivity contribution in [3.8, 4) is 0 Å². The minimum atomic E-state index is 0.549. The number of nitrogens with zero attached hydrogens (tertiary/aromatic N) is 3. The molecule has 2 atom stereocenters. The van der Waals surface area contributed by atoms with E-state index in [-0.39, 0.29) is 0 Å². The van der Waals surface area contributed by atoms with Gasteiger partial charge in [-0.2, -0.15) is 4.98 Å². The lowest BCUT2D eigenvalue weighted by molar-refractivity contribution is 0.601. The predicted molar refractivity (Wildman–Crippen MR) is 63.4 cm³/mol. The molecule has 16 heavy (non-hydrogen) atoms. The van der Waals surface area contributed by atoms with E-state index >= 15 is 0 Å². The van der Waals surface area contributed by atoms with Crippen molar-refractivity contribution >= 4 is 11.6 Å². The highest BCUT2D eigenvalue weighted by atomic mass is 15.3. The van der Waals surface area contributed by atoms with E-state index in [0.29, 0.717) is 6.04 Å². The Morgan fingerprint density at radius 1 is 1.38 bits per heavy atom. The number of hydrogen-bond donors (Lipinski definition) is 1. The number of pyridine rings is 1. The Balaban J connectivity index is 1.79. The Hall–Kier alpha value is -1.58. The van der Waals surface area contributed by atoms with Gasteiger partial charge in [-0.3, -0.25) is 0 Å². The molecule has 2 aromatic heterocycles. The van der Waals surface area contributed by atoms with E-state index in [0.717, 1.165) is 17.5 Å². The Bertz CT molecular complexity index is 457. The third-order valence-electron chi connectivity index (χ3n) is 3.27. The van der Waals surface area contributed by atoms with E-state index in [9.17, 15) is 0 Å². The first-order chi connectivity index (χ1) is 7.81. The number of hydrogen-bond acceptors (Lipinski definition) is 3. The summed E-state index contributed by atoms with van der Waals surface area (Å²) >= 11 is 0. The fourth-order valence-electron chi connectivity index (χ4n) is 2.41. The first-order valence-electron chi connectivity index (χ1n) is 5.89. The van der Waals surface area contributed by atoms with E-state index in [1.807, 2.05) is 24.4 Å². The van der Waals surface area contributed by atoms with Crippen molar-refractivity contribution in [2.75, 3.05) is 5.32 Å². The maximum atomic E-state index is 4.44. The Morgan fingerprint density at radius 3 is 3.06 bits per heavy atom. The Morgan fingerprint density at radius 2 is 2.31 bits per heavy atom. The molecule has 2 heterocycles. The lowest BCUT2D eigenvalue weighted by Gasteiger charge is -2.09. The predicted octanol–water partition coefficient (Wildman–Crippen LogP) is 2.33. The summed E-state index contributed by atoms with van der Waals surface area (Å²) in [5, 5.41) is 7.81. The molecule has 0 radical (unpaired) electrons.